The molecular weight excluding hydrogens is 480 g/mol. The summed E-state index contributed by atoms with van der Waals surface area (Å²) in [5.41, 5.74) is 2.10. The fraction of sp³-hybridized carbons (Fsp3) is 0.0800. The largest absolute Gasteiger partial charge is 0.495 e. The molecule has 1 heterocycles. The van der Waals surface area contributed by atoms with Crippen LogP contribution in [0.25, 0.3) is 33.4 Å². The minimum atomic E-state index is -0.570. The van der Waals surface area contributed by atoms with Gasteiger partial charge in [-0.3, -0.25) is 4.79 Å². The molecule has 0 radical (unpaired) electrons. The molecule has 0 atom stereocenters. The average molecular weight is 498 g/mol. The molecule has 0 spiro atoms. The number of fused-ring (bicyclic) bond motifs is 1. The van der Waals surface area contributed by atoms with Gasteiger partial charge in [-0.25, -0.2) is 14.4 Å². The first-order valence-electron chi connectivity index (χ1n) is 9.97. The van der Waals surface area contributed by atoms with E-state index >= 15 is 0 Å². The van der Waals surface area contributed by atoms with Crippen molar-refractivity contribution < 1.29 is 18.7 Å². The summed E-state index contributed by atoms with van der Waals surface area (Å²) in [7, 11) is 3.01. The van der Waals surface area contributed by atoms with Crippen LogP contribution in [0.15, 0.2) is 61.3 Å². The molecule has 0 aliphatic carbocycles. The van der Waals surface area contributed by atoms with Crippen LogP contribution in [0.3, 0.4) is 0 Å². The number of carbonyl (C=O) groups is 1. The summed E-state index contributed by atoms with van der Waals surface area (Å²) in [5, 5.41) is 3.92. The van der Waals surface area contributed by atoms with Crippen LogP contribution in [0, 0.1) is 5.82 Å². The van der Waals surface area contributed by atoms with Gasteiger partial charge < -0.3 is 14.8 Å². The monoisotopic (exact) mass is 497 g/mol. The van der Waals surface area contributed by atoms with Gasteiger partial charge in [0.05, 0.1) is 41.0 Å². The van der Waals surface area contributed by atoms with Gasteiger partial charge in [0.15, 0.2) is 5.82 Å². The predicted molar refractivity (Wildman–Crippen MR) is 132 cm³/mol. The van der Waals surface area contributed by atoms with Crippen molar-refractivity contribution in [2.45, 2.75) is 0 Å². The number of rotatable bonds is 6. The third-order valence-corrected chi connectivity index (χ3v) is 5.87. The fourth-order valence-corrected chi connectivity index (χ4v) is 4.21. The highest BCUT2D eigenvalue weighted by Gasteiger charge is 2.20. The molecule has 3 aromatic carbocycles. The second-order valence-electron chi connectivity index (χ2n) is 7.11. The maximum Gasteiger partial charge on any atom is 0.247 e. The molecule has 6 nitrogen and oxygen atoms in total. The normalized spacial score (nSPS) is 10.7. The molecule has 4 rings (SSSR count). The average Bonchev–Trinajstić information content (AvgIpc) is 2.84. The van der Waals surface area contributed by atoms with Crippen molar-refractivity contribution in [1.82, 2.24) is 9.97 Å². The minimum Gasteiger partial charge on any atom is -0.495 e. The molecule has 4 aromatic rings. The lowest BCUT2D eigenvalue weighted by Crippen LogP contribution is -2.09. The summed E-state index contributed by atoms with van der Waals surface area (Å²) < 4.78 is 25.4. The number of benzene rings is 3. The number of carbonyl (C=O) groups excluding carboxylic acids is 1. The van der Waals surface area contributed by atoms with E-state index in [1.807, 2.05) is 6.07 Å². The summed E-state index contributed by atoms with van der Waals surface area (Å²) in [5.74, 6) is -0.0898. The van der Waals surface area contributed by atoms with Crippen molar-refractivity contribution in [1.29, 1.82) is 0 Å². The zero-order chi connectivity index (χ0) is 24.4. The number of hydrogen-bond donors (Lipinski definition) is 1. The lowest BCUT2D eigenvalue weighted by Gasteiger charge is -2.15. The quantitative estimate of drug-likeness (QED) is 0.305. The molecule has 0 saturated carbocycles. The zero-order valence-electron chi connectivity index (χ0n) is 18.2. The Labute approximate surface area is 205 Å². The predicted octanol–water partition coefficient (Wildman–Crippen LogP) is 6.55. The Bertz CT molecular complexity index is 1410. The summed E-state index contributed by atoms with van der Waals surface area (Å²) in [6.45, 7) is 3.42. The fourth-order valence-electron chi connectivity index (χ4n) is 3.49. The van der Waals surface area contributed by atoms with Gasteiger partial charge in [0.25, 0.3) is 0 Å². The van der Waals surface area contributed by atoms with Crippen LogP contribution >= 0.6 is 23.2 Å². The van der Waals surface area contributed by atoms with Crippen LogP contribution in [0.5, 0.6) is 11.5 Å². The van der Waals surface area contributed by atoms with Crippen LogP contribution < -0.4 is 14.8 Å². The van der Waals surface area contributed by atoms with Gasteiger partial charge in [-0.2, -0.15) is 0 Å². The van der Waals surface area contributed by atoms with Gasteiger partial charge in [-0.05, 0) is 35.9 Å². The molecule has 9 heteroatoms. The maximum atomic E-state index is 14.7. The Morgan fingerprint density at radius 3 is 2.41 bits per heavy atom. The highest BCUT2D eigenvalue weighted by atomic mass is 35.5. The van der Waals surface area contributed by atoms with Crippen molar-refractivity contribution in [2.75, 3.05) is 19.5 Å². The lowest BCUT2D eigenvalue weighted by atomic mass is 10.0. The van der Waals surface area contributed by atoms with Crippen molar-refractivity contribution in [2.24, 2.45) is 0 Å². The van der Waals surface area contributed by atoms with Gasteiger partial charge >= 0.3 is 0 Å². The first-order chi connectivity index (χ1) is 16.4. The van der Waals surface area contributed by atoms with Crippen molar-refractivity contribution >= 4 is 45.7 Å². The van der Waals surface area contributed by atoms with E-state index in [1.165, 1.54) is 26.4 Å². The first kappa shape index (κ1) is 23.5. The topological polar surface area (TPSA) is 73.3 Å². The molecule has 1 N–H and O–H groups in total. The summed E-state index contributed by atoms with van der Waals surface area (Å²) in [6, 6.07) is 11.3. The molecule has 0 aliphatic rings. The third kappa shape index (κ3) is 4.27. The van der Waals surface area contributed by atoms with Gasteiger partial charge in [0, 0.05) is 23.2 Å². The third-order valence-electron chi connectivity index (χ3n) is 5.12. The second kappa shape index (κ2) is 9.67. The molecule has 0 unspecified atom stereocenters. The van der Waals surface area contributed by atoms with Gasteiger partial charge in [0.2, 0.25) is 5.91 Å². The number of hydrogen-bond acceptors (Lipinski definition) is 5. The second-order valence-corrected chi connectivity index (χ2v) is 7.86. The standard InChI is InChI=1S/C25H18Cl2FN3O3/c1-4-20(32)30-17-7-5-6-15(28)22(17)25-29-12-14-10-13(8-9-16(14)31-25)21-23(26)18(33-2)11-19(34-3)24(21)27/h4-12H,1H2,2-3H3,(H,30,32). The Balaban J connectivity index is 1.83. The van der Waals surface area contributed by atoms with E-state index in [1.54, 1.807) is 30.5 Å². The van der Waals surface area contributed by atoms with Gasteiger partial charge in [-0.1, -0.05) is 41.9 Å². The summed E-state index contributed by atoms with van der Waals surface area (Å²) >= 11 is 13.1. The number of aromatic nitrogens is 2. The van der Waals surface area contributed by atoms with Gasteiger partial charge in [0.1, 0.15) is 17.3 Å². The zero-order valence-corrected chi connectivity index (χ0v) is 19.7. The van der Waals surface area contributed by atoms with E-state index < -0.39 is 11.7 Å². The molecule has 0 saturated heterocycles. The summed E-state index contributed by atoms with van der Waals surface area (Å²) in [6.07, 6.45) is 2.66. The van der Waals surface area contributed by atoms with Crippen LogP contribution in [0.4, 0.5) is 10.1 Å². The van der Waals surface area contributed by atoms with Crippen molar-refractivity contribution in [3.8, 4) is 34.0 Å². The Kier molecular flexibility index (Phi) is 6.68. The minimum absolute atomic E-state index is 0.0762. The molecule has 0 fully saturated rings. The van der Waals surface area contributed by atoms with E-state index in [-0.39, 0.29) is 17.1 Å². The van der Waals surface area contributed by atoms with Crippen LogP contribution in [-0.4, -0.2) is 30.1 Å². The molecule has 1 aromatic heterocycles. The van der Waals surface area contributed by atoms with Crippen LogP contribution in [0.1, 0.15) is 0 Å². The molecular formula is C25H18Cl2FN3O3. The lowest BCUT2D eigenvalue weighted by molar-refractivity contribution is -0.111. The van der Waals surface area contributed by atoms with Crippen LogP contribution in [-0.2, 0) is 4.79 Å². The Morgan fingerprint density at radius 2 is 1.76 bits per heavy atom. The maximum absolute atomic E-state index is 14.7. The number of nitrogens with zero attached hydrogens (tertiary/aromatic N) is 2. The molecule has 0 bridgehead atoms. The number of nitrogens with one attached hydrogen (secondary N) is 1. The summed E-state index contributed by atoms with van der Waals surface area (Å²) in [4.78, 5) is 20.6. The highest BCUT2D eigenvalue weighted by Crippen LogP contribution is 2.46. The molecule has 1 amide bonds. The molecule has 172 valence electrons. The molecule has 34 heavy (non-hydrogen) atoms. The van der Waals surface area contributed by atoms with Crippen LogP contribution in [0.2, 0.25) is 10.0 Å². The number of amides is 1. The number of ether oxygens (including phenoxy) is 2. The highest BCUT2D eigenvalue weighted by molar-refractivity contribution is 6.41. The van der Waals surface area contributed by atoms with E-state index in [0.29, 0.717) is 43.6 Å². The van der Waals surface area contributed by atoms with E-state index in [2.05, 4.69) is 21.9 Å². The number of methoxy groups -OCH3 is 2. The van der Waals surface area contributed by atoms with E-state index in [9.17, 15) is 9.18 Å². The SMILES string of the molecule is C=CC(=O)Nc1cccc(F)c1-c1ncc2cc(-c3c(Cl)c(OC)cc(OC)c3Cl)ccc2n1. The Morgan fingerprint density at radius 1 is 1.06 bits per heavy atom. The molecule has 0 aliphatic heterocycles. The van der Waals surface area contributed by atoms with Crippen molar-refractivity contribution in [3.05, 3.63) is 77.2 Å². The Hall–Kier alpha value is -3.68. The van der Waals surface area contributed by atoms with E-state index in [0.717, 1.165) is 6.08 Å². The number of halogens is 3. The van der Waals surface area contributed by atoms with Gasteiger partial charge in [-0.15, -0.1) is 0 Å². The van der Waals surface area contributed by atoms with E-state index in [4.69, 9.17) is 32.7 Å². The number of anilines is 1. The first-order valence-corrected chi connectivity index (χ1v) is 10.7. The van der Waals surface area contributed by atoms with Crippen molar-refractivity contribution in [3.63, 3.8) is 0 Å². The smallest absolute Gasteiger partial charge is 0.247 e.